The van der Waals surface area contributed by atoms with Crippen LogP contribution < -0.4 is 5.32 Å². The fourth-order valence-corrected chi connectivity index (χ4v) is 2.19. The molecule has 0 heterocycles. The minimum atomic E-state index is -0.288. The molecule has 0 aromatic heterocycles. The van der Waals surface area contributed by atoms with Gasteiger partial charge < -0.3 is 4.74 Å². The summed E-state index contributed by atoms with van der Waals surface area (Å²) >= 11 is 0. The molecule has 0 radical (unpaired) electrons. The van der Waals surface area contributed by atoms with E-state index in [-0.39, 0.29) is 11.5 Å². The van der Waals surface area contributed by atoms with Gasteiger partial charge in [0.15, 0.2) is 0 Å². The standard InChI is InChI=1S/C10H17NO2/c1-13-9(12)10(6-7-10)11-8-4-2-3-5-8/h8,11H,2-7H2,1H3. The molecule has 0 amide bonds. The first-order valence-electron chi connectivity index (χ1n) is 5.13. The van der Waals surface area contributed by atoms with Crippen LogP contribution in [-0.2, 0) is 9.53 Å². The van der Waals surface area contributed by atoms with E-state index in [1.165, 1.54) is 32.8 Å². The number of nitrogens with one attached hydrogen (secondary N) is 1. The Morgan fingerprint density at radius 2 is 2.00 bits per heavy atom. The first-order valence-corrected chi connectivity index (χ1v) is 5.13. The van der Waals surface area contributed by atoms with E-state index in [9.17, 15) is 4.79 Å². The third kappa shape index (κ3) is 1.70. The monoisotopic (exact) mass is 183 g/mol. The molecule has 3 nitrogen and oxygen atoms in total. The Kier molecular flexibility index (Phi) is 2.28. The van der Waals surface area contributed by atoms with Crippen LogP contribution in [0.4, 0.5) is 0 Å². The van der Waals surface area contributed by atoms with E-state index >= 15 is 0 Å². The maximum absolute atomic E-state index is 11.4. The van der Waals surface area contributed by atoms with Crippen LogP contribution >= 0.6 is 0 Å². The van der Waals surface area contributed by atoms with Gasteiger partial charge in [-0.25, -0.2) is 0 Å². The Morgan fingerprint density at radius 1 is 1.38 bits per heavy atom. The smallest absolute Gasteiger partial charge is 0.326 e. The fraction of sp³-hybridized carbons (Fsp3) is 0.900. The topological polar surface area (TPSA) is 38.3 Å². The highest BCUT2D eigenvalue weighted by Gasteiger charge is 2.52. The molecule has 74 valence electrons. The number of carbonyl (C=O) groups is 1. The zero-order chi connectivity index (χ0) is 9.31. The second-order valence-electron chi connectivity index (χ2n) is 4.20. The molecule has 2 rings (SSSR count). The van der Waals surface area contributed by atoms with E-state index in [2.05, 4.69) is 5.32 Å². The lowest BCUT2D eigenvalue weighted by molar-refractivity contribution is -0.144. The highest BCUT2D eigenvalue weighted by atomic mass is 16.5. The minimum absolute atomic E-state index is 0.0700. The van der Waals surface area contributed by atoms with E-state index in [1.54, 1.807) is 0 Å². The summed E-state index contributed by atoms with van der Waals surface area (Å²) in [5.41, 5.74) is -0.288. The van der Waals surface area contributed by atoms with Gasteiger partial charge in [0.05, 0.1) is 7.11 Å². The van der Waals surface area contributed by atoms with E-state index in [1.807, 2.05) is 0 Å². The Bertz CT molecular complexity index is 205. The maximum Gasteiger partial charge on any atom is 0.326 e. The van der Waals surface area contributed by atoms with Crippen LogP contribution in [0.25, 0.3) is 0 Å². The van der Waals surface area contributed by atoms with Gasteiger partial charge in [-0.2, -0.15) is 0 Å². The van der Waals surface area contributed by atoms with Crippen LogP contribution in [0.1, 0.15) is 38.5 Å². The van der Waals surface area contributed by atoms with Gasteiger partial charge in [0.1, 0.15) is 5.54 Å². The maximum atomic E-state index is 11.4. The largest absolute Gasteiger partial charge is 0.468 e. The first kappa shape index (κ1) is 9.00. The predicted molar refractivity (Wildman–Crippen MR) is 49.4 cm³/mol. The SMILES string of the molecule is COC(=O)C1(NC2CCCC2)CC1. The summed E-state index contributed by atoms with van der Waals surface area (Å²) in [5, 5.41) is 3.44. The van der Waals surface area contributed by atoms with Gasteiger partial charge in [0.2, 0.25) is 0 Å². The number of esters is 1. The zero-order valence-corrected chi connectivity index (χ0v) is 8.14. The molecule has 0 atom stereocenters. The van der Waals surface area contributed by atoms with Gasteiger partial charge >= 0.3 is 5.97 Å². The van der Waals surface area contributed by atoms with Gasteiger partial charge in [0.25, 0.3) is 0 Å². The van der Waals surface area contributed by atoms with Crippen LogP contribution in [0.3, 0.4) is 0 Å². The molecular formula is C10H17NO2. The number of rotatable bonds is 3. The van der Waals surface area contributed by atoms with Gasteiger partial charge in [-0.3, -0.25) is 10.1 Å². The molecule has 0 saturated heterocycles. The lowest BCUT2D eigenvalue weighted by Crippen LogP contribution is -2.45. The lowest BCUT2D eigenvalue weighted by atomic mass is 10.2. The van der Waals surface area contributed by atoms with Crippen molar-refractivity contribution in [3.05, 3.63) is 0 Å². The van der Waals surface area contributed by atoms with Crippen LogP contribution in [0.5, 0.6) is 0 Å². The Morgan fingerprint density at radius 3 is 2.46 bits per heavy atom. The molecule has 1 N–H and O–H groups in total. The number of carbonyl (C=O) groups excluding carboxylic acids is 1. The molecule has 0 aromatic rings. The van der Waals surface area contributed by atoms with Crippen LogP contribution in [0.2, 0.25) is 0 Å². The van der Waals surface area contributed by atoms with Crippen molar-refractivity contribution in [2.75, 3.05) is 7.11 Å². The van der Waals surface area contributed by atoms with Crippen LogP contribution in [0.15, 0.2) is 0 Å². The van der Waals surface area contributed by atoms with Crippen molar-refractivity contribution in [3.63, 3.8) is 0 Å². The molecule has 2 aliphatic rings. The van der Waals surface area contributed by atoms with Crippen molar-refractivity contribution in [2.45, 2.75) is 50.1 Å². The molecule has 2 aliphatic carbocycles. The van der Waals surface area contributed by atoms with E-state index in [0.717, 1.165) is 12.8 Å². The van der Waals surface area contributed by atoms with Crippen molar-refractivity contribution in [1.29, 1.82) is 0 Å². The Labute approximate surface area is 78.8 Å². The lowest BCUT2D eigenvalue weighted by Gasteiger charge is -2.19. The number of hydrogen-bond donors (Lipinski definition) is 1. The van der Waals surface area contributed by atoms with Gasteiger partial charge in [-0.15, -0.1) is 0 Å². The van der Waals surface area contributed by atoms with Gasteiger partial charge in [-0.1, -0.05) is 12.8 Å². The van der Waals surface area contributed by atoms with Crippen molar-refractivity contribution in [3.8, 4) is 0 Å². The summed E-state index contributed by atoms with van der Waals surface area (Å²) < 4.78 is 4.79. The van der Waals surface area contributed by atoms with Crippen molar-refractivity contribution in [1.82, 2.24) is 5.32 Å². The predicted octanol–water partition coefficient (Wildman–Crippen LogP) is 1.22. The summed E-state index contributed by atoms with van der Waals surface area (Å²) in [6, 6.07) is 0.557. The van der Waals surface area contributed by atoms with Crippen molar-refractivity contribution in [2.24, 2.45) is 0 Å². The van der Waals surface area contributed by atoms with Crippen molar-refractivity contribution >= 4 is 5.97 Å². The molecule has 2 saturated carbocycles. The molecular weight excluding hydrogens is 166 g/mol. The highest BCUT2D eigenvalue weighted by molar-refractivity contribution is 5.84. The number of ether oxygens (including phenoxy) is 1. The first-order chi connectivity index (χ1) is 6.27. The average Bonchev–Trinajstić information content (AvgIpc) is 2.73. The highest BCUT2D eigenvalue weighted by Crippen LogP contribution is 2.38. The van der Waals surface area contributed by atoms with Crippen LogP contribution in [-0.4, -0.2) is 24.7 Å². The quantitative estimate of drug-likeness (QED) is 0.669. The number of hydrogen-bond acceptors (Lipinski definition) is 3. The van der Waals surface area contributed by atoms with Gasteiger partial charge in [-0.05, 0) is 25.7 Å². The summed E-state index contributed by atoms with van der Waals surface area (Å²) in [7, 11) is 1.47. The molecule has 0 spiro atoms. The molecule has 13 heavy (non-hydrogen) atoms. The molecule has 3 heteroatoms. The third-order valence-electron chi connectivity index (χ3n) is 3.16. The second-order valence-corrected chi connectivity index (χ2v) is 4.20. The zero-order valence-electron chi connectivity index (χ0n) is 8.14. The summed E-state index contributed by atoms with van der Waals surface area (Å²) in [4.78, 5) is 11.4. The summed E-state index contributed by atoms with van der Waals surface area (Å²) in [6.07, 6.45) is 6.95. The van der Waals surface area contributed by atoms with Gasteiger partial charge in [0, 0.05) is 6.04 Å². The molecule has 0 aliphatic heterocycles. The third-order valence-corrected chi connectivity index (χ3v) is 3.16. The number of methoxy groups -OCH3 is 1. The summed E-state index contributed by atoms with van der Waals surface area (Å²) in [5.74, 6) is -0.0700. The molecule has 0 bridgehead atoms. The van der Waals surface area contributed by atoms with Crippen LogP contribution in [0, 0.1) is 0 Å². The normalized spacial score (nSPS) is 25.9. The van der Waals surface area contributed by atoms with Crippen molar-refractivity contribution < 1.29 is 9.53 Å². The second kappa shape index (κ2) is 3.29. The average molecular weight is 183 g/mol. The molecule has 2 fully saturated rings. The van der Waals surface area contributed by atoms with E-state index in [0.29, 0.717) is 6.04 Å². The fourth-order valence-electron chi connectivity index (χ4n) is 2.19. The Balaban J connectivity index is 1.89. The molecule has 0 aromatic carbocycles. The minimum Gasteiger partial charge on any atom is -0.468 e. The van der Waals surface area contributed by atoms with E-state index in [4.69, 9.17) is 4.74 Å². The Hall–Kier alpha value is -0.570. The summed E-state index contributed by atoms with van der Waals surface area (Å²) in [6.45, 7) is 0. The van der Waals surface area contributed by atoms with E-state index < -0.39 is 0 Å². The molecule has 0 unspecified atom stereocenters.